The van der Waals surface area contributed by atoms with Crippen molar-refractivity contribution < 1.29 is 18.4 Å². The summed E-state index contributed by atoms with van der Waals surface area (Å²) in [5.74, 6) is -0.579. The fraction of sp³-hybridized carbons (Fsp3) is 0.857. The highest BCUT2D eigenvalue weighted by molar-refractivity contribution is 5.99. The number of nitrogens with one attached hydrogen (secondary N) is 1. The van der Waals surface area contributed by atoms with E-state index in [1.165, 1.54) is 4.90 Å². The molecule has 0 aromatic carbocycles. The zero-order valence-corrected chi connectivity index (χ0v) is 11.8. The zero-order chi connectivity index (χ0) is 14.8. The molecule has 6 heteroatoms. The largest absolute Gasteiger partial charge is 0.342 e. The second-order valence-electron chi connectivity index (χ2n) is 5.75. The van der Waals surface area contributed by atoms with Crippen LogP contribution in [0.5, 0.6) is 0 Å². The molecule has 2 rings (SSSR count). The summed E-state index contributed by atoms with van der Waals surface area (Å²) < 4.78 is 25.7. The lowest BCUT2D eigenvalue weighted by atomic mass is 9.77. The van der Waals surface area contributed by atoms with Gasteiger partial charge in [-0.1, -0.05) is 32.6 Å². The van der Waals surface area contributed by atoms with Gasteiger partial charge >= 0.3 is 0 Å². The molecule has 20 heavy (non-hydrogen) atoms. The molecule has 1 heterocycles. The van der Waals surface area contributed by atoms with Gasteiger partial charge in [-0.15, -0.1) is 0 Å². The predicted molar refractivity (Wildman–Crippen MR) is 70.4 cm³/mol. The number of halogens is 2. The molecule has 1 aliphatic heterocycles. The summed E-state index contributed by atoms with van der Waals surface area (Å²) in [5.41, 5.74) is -1.03. The van der Waals surface area contributed by atoms with Crippen molar-refractivity contribution in [3.63, 3.8) is 0 Å². The first kappa shape index (κ1) is 15.2. The quantitative estimate of drug-likeness (QED) is 0.861. The maximum Gasteiger partial charge on any atom is 0.255 e. The zero-order valence-electron chi connectivity index (χ0n) is 11.8. The fourth-order valence-electron chi connectivity index (χ4n) is 3.40. The Morgan fingerprint density at radius 2 is 1.95 bits per heavy atom. The first-order valence-corrected chi connectivity index (χ1v) is 7.42. The number of hydrogen-bond acceptors (Lipinski definition) is 2. The SMILES string of the molecule is CCCC1NC(=O)C2(CCCCC2)N(CC(F)F)C1=O. The molecule has 1 saturated carbocycles. The van der Waals surface area contributed by atoms with Crippen LogP contribution in [0.1, 0.15) is 51.9 Å². The van der Waals surface area contributed by atoms with Gasteiger partial charge in [0, 0.05) is 0 Å². The van der Waals surface area contributed by atoms with E-state index in [1.807, 2.05) is 6.92 Å². The van der Waals surface area contributed by atoms with E-state index in [2.05, 4.69) is 5.32 Å². The molecule has 2 amide bonds. The molecule has 0 radical (unpaired) electrons. The number of amides is 2. The van der Waals surface area contributed by atoms with Crippen LogP contribution >= 0.6 is 0 Å². The van der Waals surface area contributed by atoms with Crippen LogP contribution in [0.4, 0.5) is 8.78 Å². The highest BCUT2D eigenvalue weighted by Crippen LogP contribution is 2.37. The number of rotatable bonds is 4. The standard InChI is InChI=1S/C14H22F2N2O2/c1-2-6-10-12(19)18(9-11(15)16)14(13(20)17-10)7-4-3-5-8-14/h10-11H,2-9H2,1H3,(H,17,20). The number of nitrogens with zero attached hydrogens (tertiary/aromatic N) is 1. The Balaban J connectivity index is 2.28. The molecule has 0 bridgehead atoms. The molecule has 2 fully saturated rings. The van der Waals surface area contributed by atoms with Crippen LogP contribution in [0.25, 0.3) is 0 Å². The number of piperazine rings is 1. The van der Waals surface area contributed by atoms with Gasteiger partial charge in [-0.05, 0) is 19.3 Å². The van der Waals surface area contributed by atoms with Crippen LogP contribution in [-0.4, -0.2) is 41.3 Å². The number of carbonyl (C=O) groups is 2. The van der Waals surface area contributed by atoms with Crippen LogP contribution in [-0.2, 0) is 9.59 Å². The Morgan fingerprint density at radius 1 is 1.30 bits per heavy atom. The highest BCUT2D eigenvalue weighted by atomic mass is 19.3. The molecule has 4 nitrogen and oxygen atoms in total. The normalized spacial score (nSPS) is 26.2. The van der Waals surface area contributed by atoms with Crippen molar-refractivity contribution in [3.8, 4) is 0 Å². The van der Waals surface area contributed by atoms with Crippen LogP contribution in [0, 0.1) is 0 Å². The minimum absolute atomic E-state index is 0.240. The summed E-state index contributed by atoms with van der Waals surface area (Å²) in [6, 6.07) is -0.640. The second-order valence-corrected chi connectivity index (χ2v) is 5.75. The van der Waals surface area contributed by atoms with Crippen molar-refractivity contribution in [3.05, 3.63) is 0 Å². The maximum atomic E-state index is 12.8. The minimum Gasteiger partial charge on any atom is -0.342 e. The van der Waals surface area contributed by atoms with E-state index in [-0.39, 0.29) is 11.8 Å². The van der Waals surface area contributed by atoms with Gasteiger partial charge in [0.15, 0.2) is 0 Å². The van der Waals surface area contributed by atoms with Crippen molar-refractivity contribution in [2.75, 3.05) is 6.54 Å². The van der Waals surface area contributed by atoms with Gasteiger partial charge < -0.3 is 10.2 Å². The fourth-order valence-corrected chi connectivity index (χ4v) is 3.40. The van der Waals surface area contributed by atoms with Gasteiger partial charge in [-0.2, -0.15) is 0 Å². The molecule has 0 aromatic heterocycles. The molecule has 1 atom stereocenters. The summed E-state index contributed by atoms with van der Waals surface area (Å²) in [7, 11) is 0. The molecule has 1 spiro atoms. The van der Waals surface area contributed by atoms with Crippen LogP contribution in [0.3, 0.4) is 0 Å². The van der Waals surface area contributed by atoms with E-state index < -0.39 is 24.6 Å². The van der Waals surface area contributed by atoms with E-state index in [1.54, 1.807) is 0 Å². The third-order valence-electron chi connectivity index (χ3n) is 4.39. The molecule has 114 valence electrons. The Labute approximate surface area is 117 Å². The average molecular weight is 288 g/mol. The first-order valence-electron chi connectivity index (χ1n) is 7.42. The Hall–Kier alpha value is -1.20. The van der Waals surface area contributed by atoms with E-state index in [9.17, 15) is 18.4 Å². The molecular weight excluding hydrogens is 266 g/mol. The summed E-state index contributed by atoms with van der Waals surface area (Å²) in [6.45, 7) is 1.27. The van der Waals surface area contributed by atoms with Crippen LogP contribution in [0.15, 0.2) is 0 Å². The number of carbonyl (C=O) groups excluding carboxylic acids is 2. The lowest BCUT2D eigenvalue weighted by molar-refractivity contribution is -0.163. The number of alkyl halides is 2. The van der Waals surface area contributed by atoms with Gasteiger partial charge in [0.1, 0.15) is 11.6 Å². The second kappa shape index (κ2) is 6.06. The van der Waals surface area contributed by atoms with Crippen LogP contribution in [0.2, 0.25) is 0 Å². The Kier molecular flexibility index (Phi) is 4.60. The molecule has 0 aromatic rings. The van der Waals surface area contributed by atoms with Crippen molar-refractivity contribution >= 4 is 11.8 Å². The topological polar surface area (TPSA) is 49.4 Å². The van der Waals surface area contributed by atoms with Gasteiger partial charge in [-0.3, -0.25) is 9.59 Å². The Bertz CT molecular complexity index is 381. The molecule has 2 aliphatic rings. The summed E-state index contributed by atoms with van der Waals surface area (Å²) in [5, 5.41) is 2.76. The minimum atomic E-state index is -2.61. The first-order chi connectivity index (χ1) is 9.51. The smallest absolute Gasteiger partial charge is 0.255 e. The van der Waals surface area contributed by atoms with Gasteiger partial charge in [0.2, 0.25) is 11.8 Å². The summed E-state index contributed by atoms with van der Waals surface area (Å²) in [6.07, 6.45) is 2.21. The maximum absolute atomic E-state index is 12.8. The van der Waals surface area contributed by atoms with E-state index in [0.29, 0.717) is 19.3 Å². The highest BCUT2D eigenvalue weighted by Gasteiger charge is 2.52. The van der Waals surface area contributed by atoms with Crippen molar-refractivity contribution in [2.24, 2.45) is 0 Å². The van der Waals surface area contributed by atoms with Crippen molar-refractivity contribution in [1.29, 1.82) is 0 Å². The number of hydrogen-bond donors (Lipinski definition) is 1. The molecular formula is C14H22F2N2O2. The third-order valence-corrected chi connectivity index (χ3v) is 4.39. The molecule has 1 saturated heterocycles. The van der Waals surface area contributed by atoms with E-state index >= 15 is 0 Å². The predicted octanol–water partition coefficient (Wildman–Crippen LogP) is 2.08. The van der Waals surface area contributed by atoms with Crippen LogP contribution < -0.4 is 5.32 Å². The van der Waals surface area contributed by atoms with Gasteiger partial charge in [0.05, 0.1) is 6.54 Å². The average Bonchev–Trinajstić information content (AvgIpc) is 2.42. The molecule has 1 N–H and O–H groups in total. The lowest BCUT2D eigenvalue weighted by Gasteiger charge is -2.50. The summed E-state index contributed by atoms with van der Waals surface area (Å²) >= 11 is 0. The van der Waals surface area contributed by atoms with Crippen molar-refractivity contribution in [2.45, 2.75) is 69.9 Å². The van der Waals surface area contributed by atoms with Gasteiger partial charge in [0.25, 0.3) is 6.43 Å². The lowest BCUT2D eigenvalue weighted by Crippen LogP contribution is -2.71. The third kappa shape index (κ3) is 2.65. The monoisotopic (exact) mass is 288 g/mol. The molecule has 1 unspecified atom stereocenters. The molecule has 1 aliphatic carbocycles. The Morgan fingerprint density at radius 3 is 2.50 bits per heavy atom. The van der Waals surface area contributed by atoms with Crippen molar-refractivity contribution in [1.82, 2.24) is 10.2 Å². The van der Waals surface area contributed by atoms with E-state index in [0.717, 1.165) is 25.7 Å². The van der Waals surface area contributed by atoms with Gasteiger partial charge in [-0.25, -0.2) is 8.78 Å². The van der Waals surface area contributed by atoms with E-state index in [4.69, 9.17) is 0 Å². The summed E-state index contributed by atoms with van der Waals surface area (Å²) in [4.78, 5) is 26.1.